The molecule has 7 heteroatoms. The number of carbonyl (C=O) groups is 1. The number of amides is 1. The van der Waals surface area contributed by atoms with E-state index < -0.39 is 0 Å². The third-order valence-corrected chi connectivity index (χ3v) is 4.68. The van der Waals surface area contributed by atoms with Gasteiger partial charge in [0.2, 0.25) is 5.91 Å². The molecular weight excluding hydrogens is 340 g/mol. The summed E-state index contributed by atoms with van der Waals surface area (Å²) in [4.78, 5) is 28.5. The predicted molar refractivity (Wildman–Crippen MR) is 98.5 cm³/mol. The normalized spacial score (nSPS) is 14.9. The van der Waals surface area contributed by atoms with Gasteiger partial charge in [0.25, 0.3) is 5.56 Å². The molecule has 1 aromatic carbocycles. The highest BCUT2D eigenvalue weighted by atomic mass is 35.5. The summed E-state index contributed by atoms with van der Waals surface area (Å²) in [7, 11) is 0. The average Bonchev–Trinajstić information content (AvgIpc) is 2.64. The molecule has 0 bridgehead atoms. The van der Waals surface area contributed by atoms with Crippen molar-refractivity contribution in [3.63, 3.8) is 0 Å². The van der Waals surface area contributed by atoms with Crippen molar-refractivity contribution in [3.05, 3.63) is 51.9 Å². The van der Waals surface area contributed by atoms with E-state index in [1.807, 2.05) is 41.8 Å². The first-order valence-corrected chi connectivity index (χ1v) is 8.74. The van der Waals surface area contributed by atoms with Crippen LogP contribution >= 0.6 is 11.6 Å². The van der Waals surface area contributed by atoms with Crippen LogP contribution in [0.15, 0.2) is 41.3 Å². The zero-order chi connectivity index (χ0) is 18.0. The van der Waals surface area contributed by atoms with Gasteiger partial charge in [-0.3, -0.25) is 9.59 Å². The highest BCUT2D eigenvalue weighted by molar-refractivity contribution is 6.33. The lowest BCUT2D eigenvalue weighted by molar-refractivity contribution is -0.134. The molecule has 1 saturated heterocycles. The molecule has 1 aliphatic rings. The van der Waals surface area contributed by atoms with E-state index in [4.69, 9.17) is 11.6 Å². The third-order valence-electron chi connectivity index (χ3n) is 4.33. The fourth-order valence-corrected chi connectivity index (χ4v) is 3.18. The largest absolute Gasteiger partial charge is 0.365 e. The molecule has 1 aromatic heterocycles. The van der Waals surface area contributed by atoms with Gasteiger partial charge in [0.05, 0.1) is 17.6 Å². The van der Waals surface area contributed by atoms with E-state index in [-0.39, 0.29) is 22.4 Å². The monoisotopic (exact) mass is 360 g/mol. The van der Waals surface area contributed by atoms with Crippen LogP contribution in [0.4, 0.5) is 5.69 Å². The molecule has 0 unspecified atom stereocenters. The number of hydrogen-bond acceptors (Lipinski definition) is 4. The van der Waals surface area contributed by atoms with Crippen LogP contribution in [0.3, 0.4) is 0 Å². The number of aromatic nitrogens is 2. The van der Waals surface area contributed by atoms with Gasteiger partial charge in [-0.15, -0.1) is 0 Å². The second-order valence-electron chi connectivity index (χ2n) is 6.36. The zero-order valence-corrected chi connectivity index (χ0v) is 15.1. The van der Waals surface area contributed by atoms with E-state index >= 15 is 0 Å². The highest BCUT2D eigenvalue weighted by Crippen LogP contribution is 2.23. The standard InChI is InChI=1S/C18H21ClN4O2/c1-13(2)17(24)22-10-8-21(9-11-22)15-12-20-23(18(25)16(15)19)14-6-4-3-5-7-14/h3-7,12-13H,8-11H2,1-2H3. The number of halogens is 1. The molecule has 0 saturated carbocycles. The SMILES string of the molecule is CC(C)C(=O)N1CCN(c2cnn(-c3ccccc3)c(=O)c2Cl)CC1. The Bertz CT molecular complexity index is 812. The first-order valence-electron chi connectivity index (χ1n) is 8.36. The lowest BCUT2D eigenvalue weighted by Gasteiger charge is -2.36. The van der Waals surface area contributed by atoms with E-state index in [9.17, 15) is 9.59 Å². The fraction of sp³-hybridized carbons (Fsp3) is 0.389. The van der Waals surface area contributed by atoms with Gasteiger partial charge in [-0.1, -0.05) is 43.6 Å². The molecular formula is C18H21ClN4O2. The molecule has 0 N–H and O–H groups in total. The van der Waals surface area contributed by atoms with Crippen molar-refractivity contribution in [1.29, 1.82) is 0 Å². The van der Waals surface area contributed by atoms with Crippen molar-refractivity contribution in [2.24, 2.45) is 5.92 Å². The Balaban J connectivity index is 1.80. The quantitative estimate of drug-likeness (QED) is 0.842. The minimum absolute atomic E-state index is 0.00777. The second-order valence-corrected chi connectivity index (χ2v) is 6.74. The van der Waals surface area contributed by atoms with Crippen LogP contribution in [0.1, 0.15) is 13.8 Å². The molecule has 2 aromatic rings. The number of anilines is 1. The van der Waals surface area contributed by atoms with E-state index in [0.717, 1.165) is 0 Å². The van der Waals surface area contributed by atoms with Gasteiger partial charge in [-0.2, -0.15) is 9.78 Å². The number of carbonyl (C=O) groups excluding carboxylic acids is 1. The molecule has 2 heterocycles. The molecule has 0 spiro atoms. The summed E-state index contributed by atoms with van der Waals surface area (Å²) < 4.78 is 1.30. The molecule has 0 aliphatic carbocycles. The molecule has 1 fully saturated rings. The topological polar surface area (TPSA) is 58.4 Å². The van der Waals surface area contributed by atoms with Crippen molar-refractivity contribution in [1.82, 2.24) is 14.7 Å². The summed E-state index contributed by atoms with van der Waals surface area (Å²) in [5.41, 5.74) is 0.954. The van der Waals surface area contributed by atoms with Gasteiger partial charge in [0.15, 0.2) is 0 Å². The molecule has 3 rings (SSSR count). The van der Waals surface area contributed by atoms with Crippen LogP contribution in [0.25, 0.3) is 5.69 Å². The Morgan fingerprint density at radius 3 is 2.36 bits per heavy atom. The van der Waals surface area contributed by atoms with Crippen molar-refractivity contribution in [3.8, 4) is 5.69 Å². The zero-order valence-electron chi connectivity index (χ0n) is 14.4. The number of rotatable bonds is 3. The molecule has 0 radical (unpaired) electrons. The maximum absolute atomic E-state index is 12.6. The van der Waals surface area contributed by atoms with Crippen LogP contribution < -0.4 is 10.5 Å². The Labute approximate surface area is 151 Å². The second kappa shape index (κ2) is 7.27. The van der Waals surface area contributed by atoms with Gasteiger partial charge in [-0.05, 0) is 12.1 Å². The maximum Gasteiger partial charge on any atom is 0.292 e. The van der Waals surface area contributed by atoms with E-state index in [2.05, 4.69) is 5.10 Å². The van der Waals surface area contributed by atoms with Gasteiger partial charge >= 0.3 is 0 Å². The van der Waals surface area contributed by atoms with Crippen LogP contribution in [-0.4, -0.2) is 46.8 Å². The predicted octanol–water partition coefficient (Wildman–Crippen LogP) is 2.19. The summed E-state index contributed by atoms with van der Waals surface area (Å²) in [6.45, 7) is 6.31. The lowest BCUT2D eigenvalue weighted by atomic mass is 10.1. The summed E-state index contributed by atoms with van der Waals surface area (Å²) in [5, 5.41) is 4.42. The first-order chi connectivity index (χ1) is 12.0. The van der Waals surface area contributed by atoms with E-state index in [0.29, 0.717) is 37.6 Å². The average molecular weight is 361 g/mol. The van der Waals surface area contributed by atoms with Crippen LogP contribution in [0.2, 0.25) is 5.02 Å². The third kappa shape index (κ3) is 3.54. The van der Waals surface area contributed by atoms with Gasteiger partial charge in [-0.25, -0.2) is 0 Å². The smallest absolute Gasteiger partial charge is 0.292 e. The van der Waals surface area contributed by atoms with Crippen molar-refractivity contribution < 1.29 is 4.79 Å². The Morgan fingerprint density at radius 2 is 1.76 bits per heavy atom. The van der Waals surface area contributed by atoms with Crippen molar-refractivity contribution in [2.75, 3.05) is 31.1 Å². The Morgan fingerprint density at radius 1 is 1.12 bits per heavy atom. The van der Waals surface area contributed by atoms with Crippen LogP contribution in [0.5, 0.6) is 0 Å². The molecule has 0 atom stereocenters. The molecule has 132 valence electrons. The van der Waals surface area contributed by atoms with Crippen LogP contribution in [-0.2, 0) is 4.79 Å². The number of nitrogens with zero attached hydrogens (tertiary/aromatic N) is 4. The molecule has 6 nitrogen and oxygen atoms in total. The number of para-hydroxylation sites is 1. The first kappa shape index (κ1) is 17.5. The molecule has 1 aliphatic heterocycles. The maximum atomic E-state index is 12.6. The minimum atomic E-state index is -0.342. The summed E-state index contributed by atoms with van der Waals surface area (Å²) in [6.07, 6.45) is 1.62. The number of piperazine rings is 1. The van der Waals surface area contributed by atoms with E-state index in [1.165, 1.54) is 4.68 Å². The molecule has 1 amide bonds. The summed E-state index contributed by atoms with van der Waals surface area (Å²) in [5.74, 6) is 0.148. The Hall–Kier alpha value is -2.34. The minimum Gasteiger partial charge on any atom is -0.365 e. The summed E-state index contributed by atoms with van der Waals surface area (Å²) in [6, 6.07) is 9.18. The van der Waals surface area contributed by atoms with Crippen LogP contribution in [0, 0.1) is 5.92 Å². The number of benzene rings is 1. The lowest BCUT2D eigenvalue weighted by Crippen LogP contribution is -2.50. The van der Waals surface area contributed by atoms with Gasteiger partial charge < -0.3 is 9.80 Å². The van der Waals surface area contributed by atoms with Crippen molar-refractivity contribution in [2.45, 2.75) is 13.8 Å². The van der Waals surface area contributed by atoms with Crippen molar-refractivity contribution >= 4 is 23.2 Å². The van der Waals surface area contributed by atoms with E-state index in [1.54, 1.807) is 18.3 Å². The van der Waals surface area contributed by atoms with Gasteiger partial charge in [0, 0.05) is 32.1 Å². The summed E-state index contributed by atoms with van der Waals surface area (Å²) >= 11 is 6.34. The Kier molecular flexibility index (Phi) is 5.08. The highest BCUT2D eigenvalue weighted by Gasteiger charge is 2.25. The molecule has 25 heavy (non-hydrogen) atoms. The number of hydrogen-bond donors (Lipinski definition) is 0. The fourth-order valence-electron chi connectivity index (χ4n) is 2.93. The van der Waals surface area contributed by atoms with Gasteiger partial charge in [0.1, 0.15) is 5.02 Å².